The summed E-state index contributed by atoms with van der Waals surface area (Å²) in [6.45, 7) is 8.99. The minimum absolute atomic E-state index is 0.0480. The summed E-state index contributed by atoms with van der Waals surface area (Å²) < 4.78 is 51.1. The summed E-state index contributed by atoms with van der Waals surface area (Å²) in [5.41, 5.74) is 30.2. The molecule has 2 saturated heterocycles. The van der Waals surface area contributed by atoms with Crippen molar-refractivity contribution >= 4 is 6.29 Å². The maximum atomic E-state index is 12.7. The molecule has 20 nitrogen and oxygen atoms in total. The Kier molecular flexibility index (Phi) is 21.8. The molecule has 4 rings (SSSR count). The molecular formula is C40H63N9O11. The van der Waals surface area contributed by atoms with E-state index in [1.165, 1.54) is 0 Å². The van der Waals surface area contributed by atoms with Gasteiger partial charge in [0.1, 0.15) is 48.8 Å². The van der Waals surface area contributed by atoms with Crippen LogP contribution in [0.25, 0.3) is 31.3 Å². The topological polar surface area (TPSA) is 278 Å². The van der Waals surface area contributed by atoms with Crippen molar-refractivity contribution in [1.82, 2.24) is 0 Å². The van der Waals surface area contributed by atoms with Gasteiger partial charge in [-0.25, -0.2) is 0 Å². The van der Waals surface area contributed by atoms with E-state index in [1.807, 2.05) is 58.0 Å². The number of ether oxygens (including phenoxy) is 8. The van der Waals surface area contributed by atoms with Crippen molar-refractivity contribution in [3.05, 3.63) is 67.2 Å². The smallest absolute Gasteiger partial charge is 0.187 e. The number of aliphatic hydroxyl groups excluding tert-OH is 2. The Morgan fingerprint density at radius 1 is 0.700 bits per heavy atom. The molecule has 1 aromatic rings. The lowest BCUT2D eigenvalue weighted by Crippen LogP contribution is -2.64. The Bertz CT molecular complexity index is 1550. The zero-order chi connectivity index (χ0) is 43.3. The lowest BCUT2D eigenvalue weighted by atomic mass is 9.83. The van der Waals surface area contributed by atoms with Crippen molar-refractivity contribution in [2.75, 3.05) is 26.4 Å². The number of carbonyl (C=O) groups is 1. The van der Waals surface area contributed by atoms with Gasteiger partial charge in [0.05, 0.1) is 30.4 Å². The van der Waals surface area contributed by atoms with Gasteiger partial charge in [0.2, 0.25) is 0 Å². The number of benzene rings is 1. The highest BCUT2D eigenvalue weighted by molar-refractivity contribution is 5.58. The SMILES string of the molecule is CCCCOC1C(OC2C(OCCCC)C(N=[N+]=[N-])CC(N=[N+]=[N-])C2OC2OC(C=O)C(OCCCC)C(OCCCC)C2N=[N+]=[N-])OC(C(O)Cc2ccccc2)C1O. The maximum absolute atomic E-state index is 12.7. The van der Waals surface area contributed by atoms with Crippen molar-refractivity contribution in [2.24, 2.45) is 15.3 Å². The van der Waals surface area contributed by atoms with Crippen LogP contribution in [-0.4, -0.2) is 135 Å². The number of aliphatic hydroxyl groups is 2. The van der Waals surface area contributed by atoms with Gasteiger partial charge < -0.3 is 52.9 Å². The molecule has 0 amide bonds. The van der Waals surface area contributed by atoms with Gasteiger partial charge in [0.25, 0.3) is 0 Å². The first kappa shape index (κ1) is 49.1. The molecule has 60 heavy (non-hydrogen) atoms. The van der Waals surface area contributed by atoms with Crippen LogP contribution in [0.4, 0.5) is 0 Å². The van der Waals surface area contributed by atoms with Crippen LogP contribution in [0, 0.1) is 0 Å². The van der Waals surface area contributed by atoms with Gasteiger partial charge in [-0.05, 0) is 54.3 Å². The normalized spacial score (nSPS) is 33.2. The average molecular weight is 846 g/mol. The van der Waals surface area contributed by atoms with Crippen LogP contribution in [0.3, 0.4) is 0 Å². The molecule has 334 valence electrons. The number of aldehydes is 1. The van der Waals surface area contributed by atoms with Crippen molar-refractivity contribution in [2.45, 2.75) is 184 Å². The van der Waals surface area contributed by atoms with E-state index in [2.05, 4.69) is 30.1 Å². The average Bonchev–Trinajstić information content (AvgIpc) is 3.56. The summed E-state index contributed by atoms with van der Waals surface area (Å²) in [6, 6.07) is 6.01. The Hall–Kier alpha value is -3.58. The third kappa shape index (κ3) is 13.5. The fourth-order valence-corrected chi connectivity index (χ4v) is 7.66. The number of azide groups is 3. The fourth-order valence-electron chi connectivity index (χ4n) is 7.66. The summed E-state index contributed by atoms with van der Waals surface area (Å²) in [5, 5.41) is 35.3. The molecule has 3 fully saturated rings. The van der Waals surface area contributed by atoms with Crippen molar-refractivity contribution in [1.29, 1.82) is 0 Å². The molecule has 1 aliphatic carbocycles. The predicted molar refractivity (Wildman–Crippen MR) is 217 cm³/mol. The second-order valence-corrected chi connectivity index (χ2v) is 15.3. The van der Waals surface area contributed by atoms with Crippen LogP contribution in [0.5, 0.6) is 0 Å². The van der Waals surface area contributed by atoms with Gasteiger partial charge >= 0.3 is 0 Å². The Morgan fingerprint density at radius 3 is 1.77 bits per heavy atom. The van der Waals surface area contributed by atoms with Crippen molar-refractivity contribution < 1.29 is 52.9 Å². The molecule has 1 saturated carbocycles. The van der Waals surface area contributed by atoms with Crippen molar-refractivity contribution in [3.63, 3.8) is 0 Å². The van der Waals surface area contributed by atoms with Crippen molar-refractivity contribution in [3.8, 4) is 0 Å². The highest BCUT2D eigenvalue weighted by Crippen LogP contribution is 2.39. The maximum Gasteiger partial charge on any atom is 0.187 e. The standard InChI is InChI=1S/C40H63N9O11/c1-5-9-18-53-32-26(44-47-41)23-27(45-48-42)33(58-39-30(46-49-43)36(55-20-11-7-3)35(29(24-50)57-39)54-19-10-6-2)38(32)60-40-37(56-21-12-8-4)31(52)34(59-40)28(51)22-25-16-14-13-15-17-25/h13-17,24,26-40,51-52H,5-12,18-23H2,1-4H3. The second-order valence-electron chi connectivity index (χ2n) is 15.3. The number of carbonyl (C=O) groups excluding carboxylic acids is 1. The number of unbranched alkanes of at least 4 members (excludes halogenated alkanes) is 4. The van der Waals surface area contributed by atoms with Gasteiger partial charge in [-0.15, -0.1) is 0 Å². The molecule has 0 radical (unpaired) electrons. The van der Waals surface area contributed by atoms with Crippen LogP contribution < -0.4 is 0 Å². The van der Waals surface area contributed by atoms with Gasteiger partial charge in [0.15, 0.2) is 18.9 Å². The largest absolute Gasteiger partial charge is 0.390 e. The van der Waals surface area contributed by atoms with Crippen LogP contribution in [0.2, 0.25) is 0 Å². The highest BCUT2D eigenvalue weighted by Gasteiger charge is 2.56. The number of nitrogens with zero attached hydrogens (tertiary/aromatic N) is 9. The molecule has 15 unspecified atom stereocenters. The van der Waals surface area contributed by atoms with Gasteiger partial charge in [-0.2, -0.15) is 0 Å². The Labute approximate surface area is 351 Å². The third-order valence-electron chi connectivity index (χ3n) is 10.9. The summed E-state index contributed by atoms with van der Waals surface area (Å²) >= 11 is 0. The molecule has 0 spiro atoms. The third-order valence-corrected chi connectivity index (χ3v) is 10.9. The van der Waals surface area contributed by atoms with Crippen LogP contribution in [0.15, 0.2) is 45.7 Å². The molecule has 2 aliphatic heterocycles. The molecule has 3 aliphatic rings. The number of hydrogen-bond acceptors (Lipinski definition) is 14. The molecular weight excluding hydrogens is 782 g/mol. The van der Waals surface area contributed by atoms with E-state index >= 15 is 0 Å². The van der Waals surface area contributed by atoms with Gasteiger partial charge in [0, 0.05) is 47.6 Å². The van der Waals surface area contributed by atoms with Crippen LogP contribution in [0.1, 0.15) is 91.0 Å². The molecule has 15 atom stereocenters. The lowest BCUT2D eigenvalue weighted by Gasteiger charge is -2.48. The first-order valence-corrected chi connectivity index (χ1v) is 21.4. The zero-order valence-corrected chi connectivity index (χ0v) is 35.1. The Balaban J connectivity index is 1.79. The first-order valence-electron chi connectivity index (χ1n) is 21.4. The zero-order valence-electron chi connectivity index (χ0n) is 35.1. The van der Waals surface area contributed by atoms with E-state index < -0.39 is 91.7 Å². The quantitative estimate of drug-likeness (QED) is 0.0315. The summed E-state index contributed by atoms with van der Waals surface area (Å²) in [6.07, 6.45) is -7.80. The molecule has 2 N–H and O–H groups in total. The summed E-state index contributed by atoms with van der Waals surface area (Å²) in [7, 11) is 0. The molecule has 0 bridgehead atoms. The summed E-state index contributed by atoms with van der Waals surface area (Å²) in [4.78, 5) is 21.9. The minimum atomic E-state index is -1.47. The summed E-state index contributed by atoms with van der Waals surface area (Å²) in [5.74, 6) is 0. The highest BCUT2D eigenvalue weighted by atomic mass is 16.8. The second kappa shape index (κ2) is 26.7. The number of rotatable bonds is 27. The molecule has 0 aromatic heterocycles. The first-order chi connectivity index (χ1) is 29.3. The van der Waals surface area contributed by atoms with E-state index in [-0.39, 0.29) is 32.7 Å². The van der Waals surface area contributed by atoms with Gasteiger partial charge in [-0.1, -0.05) is 99.1 Å². The van der Waals surface area contributed by atoms with E-state index in [0.29, 0.717) is 38.6 Å². The monoisotopic (exact) mass is 845 g/mol. The lowest BCUT2D eigenvalue weighted by molar-refractivity contribution is -0.312. The fraction of sp³-hybridized carbons (Fsp3) is 0.825. The predicted octanol–water partition coefficient (Wildman–Crippen LogP) is 6.55. The molecule has 20 heteroatoms. The number of hydrogen-bond donors (Lipinski definition) is 2. The van der Waals surface area contributed by atoms with E-state index in [4.69, 9.17) is 37.9 Å². The van der Waals surface area contributed by atoms with E-state index in [9.17, 15) is 31.6 Å². The van der Waals surface area contributed by atoms with Crippen LogP contribution in [-0.2, 0) is 49.1 Å². The Morgan fingerprint density at radius 2 is 1.22 bits per heavy atom. The molecule has 2 heterocycles. The van der Waals surface area contributed by atoms with E-state index in [1.54, 1.807) is 0 Å². The molecule has 1 aromatic carbocycles. The minimum Gasteiger partial charge on any atom is -0.390 e. The van der Waals surface area contributed by atoms with Crippen LogP contribution >= 0.6 is 0 Å². The van der Waals surface area contributed by atoms with Gasteiger partial charge in [-0.3, -0.25) is 0 Å². The van der Waals surface area contributed by atoms with E-state index in [0.717, 1.165) is 31.2 Å².